The number of amides is 1. The van der Waals surface area contributed by atoms with Gasteiger partial charge in [0.15, 0.2) is 0 Å². The summed E-state index contributed by atoms with van der Waals surface area (Å²) in [6.45, 7) is 2.10. The van der Waals surface area contributed by atoms with E-state index < -0.39 is 0 Å². The van der Waals surface area contributed by atoms with Crippen LogP contribution in [0.5, 0.6) is 0 Å². The predicted molar refractivity (Wildman–Crippen MR) is 82.1 cm³/mol. The molecule has 1 fully saturated rings. The number of carbonyl (C=O) groups excluding carboxylic acids is 1. The van der Waals surface area contributed by atoms with Gasteiger partial charge in [-0.2, -0.15) is 0 Å². The van der Waals surface area contributed by atoms with Crippen LogP contribution in [0.1, 0.15) is 49.4 Å². The largest absolute Gasteiger partial charge is 0.398 e. The Kier molecular flexibility index (Phi) is 4.86. The molecule has 0 unspecified atom stereocenters. The van der Waals surface area contributed by atoms with Gasteiger partial charge in [-0.15, -0.1) is 0 Å². The van der Waals surface area contributed by atoms with E-state index in [1.165, 1.54) is 32.1 Å². The van der Waals surface area contributed by atoms with Gasteiger partial charge in [-0.05, 0) is 43.9 Å². The number of benzene rings is 1. The lowest BCUT2D eigenvalue weighted by Crippen LogP contribution is -2.39. The number of nitrogens with one attached hydrogen (secondary N) is 1. The average molecular weight is 325 g/mol. The van der Waals surface area contributed by atoms with Gasteiger partial charge in [0.2, 0.25) is 0 Å². The molecule has 0 bridgehead atoms. The molecule has 104 valence electrons. The van der Waals surface area contributed by atoms with Crippen LogP contribution < -0.4 is 11.1 Å². The van der Waals surface area contributed by atoms with Crippen LogP contribution in [0.25, 0.3) is 0 Å². The fourth-order valence-electron chi connectivity index (χ4n) is 2.76. The van der Waals surface area contributed by atoms with Crippen molar-refractivity contribution in [2.24, 2.45) is 5.92 Å². The highest BCUT2D eigenvalue weighted by atomic mass is 79.9. The van der Waals surface area contributed by atoms with E-state index in [-0.39, 0.29) is 11.9 Å². The van der Waals surface area contributed by atoms with Crippen molar-refractivity contribution in [2.45, 2.75) is 45.1 Å². The first-order valence-corrected chi connectivity index (χ1v) is 7.73. The van der Waals surface area contributed by atoms with Gasteiger partial charge in [0.25, 0.3) is 5.91 Å². The smallest absolute Gasteiger partial charge is 0.253 e. The Morgan fingerprint density at radius 2 is 2.05 bits per heavy atom. The first-order valence-electron chi connectivity index (χ1n) is 6.94. The van der Waals surface area contributed by atoms with Gasteiger partial charge in [-0.3, -0.25) is 4.79 Å². The quantitative estimate of drug-likeness (QED) is 0.832. The molecule has 0 heterocycles. The second-order valence-electron chi connectivity index (χ2n) is 5.39. The number of nitrogen functional groups attached to an aromatic ring is 1. The molecule has 1 aromatic carbocycles. The van der Waals surface area contributed by atoms with E-state index in [9.17, 15) is 4.79 Å². The van der Waals surface area contributed by atoms with Crippen LogP contribution >= 0.6 is 15.9 Å². The Morgan fingerprint density at radius 1 is 1.37 bits per heavy atom. The number of anilines is 1. The van der Waals surface area contributed by atoms with Crippen LogP contribution in [0, 0.1) is 5.92 Å². The highest BCUT2D eigenvalue weighted by Gasteiger charge is 2.22. The Balaban J connectivity index is 2.01. The summed E-state index contributed by atoms with van der Waals surface area (Å²) in [6, 6.07) is 5.59. The zero-order chi connectivity index (χ0) is 13.8. The van der Waals surface area contributed by atoms with Crippen molar-refractivity contribution in [2.75, 3.05) is 5.73 Å². The molecule has 3 N–H and O–H groups in total. The van der Waals surface area contributed by atoms with Crippen molar-refractivity contribution in [3.8, 4) is 0 Å². The van der Waals surface area contributed by atoms with E-state index in [1.807, 2.05) is 6.07 Å². The summed E-state index contributed by atoms with van der Waals surface area (Å²) in [5, 5.41) is 3.09. The third-order valence-electron chi connectivity index (χ3n) is 3.98. The van der Waals surface area contributed by atoms with Crippen LogP contribution in [0.4, 0.5) is 5.69 Å². The summed E-state index contributed by atoms with van der Waals surface area (Å²) in [4.78, 5) is 12.3. The predicted octanol–water partition coefficient (Wildman–Crippen LogP) is 3.73. The molecule has 1 atom stereocenters. The number of hydrogen-bond acceptors (Lipinski definition) is 2. The van der Waals surface area contributed by atoms with Gasteiger partial charge in [0, 0.05) is 16.2 Å². The molecule has 0 saturated heterocycles. The number of halogens is 1. The number of rotatable bonds is 3. The number of nitrogens with two attached hydrogens (primary N) is 1. The molecule has 1 aliphatic rings. The monoisotopic (exact) mass is 324 g/mol. The van der Waals surface area contributed by atoms with E-state index in [1.54, 1.807) is 12.1 Å². The highest BCUT2D eigenvalue weighted by molar-refractivity contribution is 9.10. The standard InChI is InChI=1S/C15H21BrN2O/c1-10(11-5-3-2-4-6-11)18-15(19)13-9-12(16)7-8-14(13)17/h7-11H,2-6,17H2,1H3,(H,18,19)/t10-/m0/s1. The zero-order valence-electron chi connectivity index (χ0n) is 11.3. The van der Waals surface area contributed by atoms with Crippen molar-refractivity contribution in [3.63, 3.8) is 0 Å². The van der Waals surface area contributed by atoms with Crippen molar-refractivity contribution in [3.05, 3.63) is 28.2 Å². The molecule has 19 heavy (non-hydrogen) atoms. The first kappa shape index (κ1) is 14.4. The van der Waals surface area contributed by atoms with Crippen molar-refractivity contribution in [1.82, 2.24) is 5.32 Å². The Hall–Kier alpha value is -1.03. The maximum Gasteiger partial charge on any atom is 0.253 e. The molecule has 0 aliphatic heterocycles. The van der Waals surface area contributed by atoms with Crippen LogP contribution in [0.3, 0.4) is 0 Å². The second-order valence-corrected chi connectivity index (χ2v) is 6.31. The Bertz CT molecular complexity index is 455. The molecule has 1 aromatic rings. The summed E-state index contributed by atoms with van der Waals surface area (Å²) in [5.74, 6) is 0.531. The Labute approximate surface area is 123 Å². The molecule has 0 spiro atoms. The minimum atomic E-state index is -0.0723. The van der Waals surface area contributed by atoms with E-state index in [4.69, 9.17) is 5.73 Å². The molecular weight excluding hydrogens is 304 g/mol. The molecule has 1 aliphatic carbocycles. The van der Waals surface area contributed by atoms with Crippen LogP contribution in [0.2, 0.25) is 0 Å². The maximum absolute atomic E-state index is 12.3. The average Bonchev–Trinajstić information content (AvgIpc) is 2.42. The zero-order valence-corrected chi connectivity index (χ0v) is 12.9. The summed E-state index contributed by atoms with van der Waals surface area (Å²) in [6.07, 6.45) is 6.33. The number of hydrogen-bond donors (Lipinski definition) is 2. The summed E-state index contributed by atoms with van der Waals surface area (Å²) in [5.41, 5.74) is 6.94. The fraction of sp³-hybridized carbons (Fsp3) is 0.533. The topological polar surface area (TPSA) is 55.1 Å². The molecule has 1 amide bonds. The molecule has 4 heteroatoms. The molecular formula is C15H21BrN2O. The normalized spacial score (nSPS) is 18.0. The molecule has 0 aromatic heterocycles. The summed E-state index contributed by atoms with van der Waals surface area (Å²) >= 11 is 3.37. The van der Waals surface area contributed by atoms with Crippen LogP contribution in [-0.2, 0) is 0 Å². The van der Waals surface area contributed by atoms with Crippen molar-refractivity contribution < 1.29 is 4.79 Å². The fourth-order valence-corrected chi connectivity index (χ4v) is 3.12. The van der Waals surface area contributed by atoms with Gasteiger partial charge >= 0.3 is 0 Å². The molecule has 1 saturated carbocycles. The van der Waals surface area contributed by atoms with Gasteiger partial charge in [0.1, 0.15) is 0 Å². The van der Waals surface area contributed by atoms with E-state index in [0.717, 1.165) is 4.47 Å². The number of carbonyl (C=O) groups is 1. The first-order chi connectivity index (χ1) is 9.08. The van der Waals surface area contributed by atoms with Gasteiger partial charge in [0.05, 0.1) is 5.56 Å². The Morgan fingerprint density at radius 3 is 2.74 bits per heavy atom. The van der Waals surface area contributed by atoms with Crippen LogP contribution in [0.15, 0.2) is 22.7 Å². The third kappa shape index (κ3) is 3.72. The SMILES string of the molecule is C[C@H](NC(=O)c1cc(Br)ccc1N)C1CCCCC1. The lowest BCUT2D eigenvalue weighted by Gasteiger charge is -2.28. The summed E-state index contributed by atoms with van der Waals surface area (Å²) < 4.78 is 0.872. The minimum absolute atomic E-state index is 0.0723. The van der Waals surface area contributed by atoms with E-state index >= 15 is 0 Å². The van der Waals surface area contributed by atoms with E-state index in [2.05, 4.69) is 28.2 Å². The maximum atomic E-state index is 12.3. The molecule has 3 nitrogen and oxygen atoms in total. The van der Waals surface area contributed by atoms with Gasteiger partial charge in [-0.1, -0.05) is 35.2 Å². The highest BCUT2D eigenvalue weighted by Crippen LogP contribution is 2.27. The minimum Gasteiger partial charge on any atom is -0.398 e. The van der Waals surface area contributed by atoms with E-state index in [0.29, 0.717) is 17.2 Å². The van der Waals surface area contributed by atoms with Crippen LogP contribution in [-0.4, -0.2) is 11.9 Å². The summed E-state index contributed by atoms with van der Waals surface area (Å²) in [7, 11) is 0. The lowest BCUT2D eigenvalue weighted by atomic mass is 9.84. The van der Waals surface area contributed by atoms with Gasteiger partial charge < -0.3 is 11.1 Å². The van der Waals surface area contributed by atoms with Crippen molar-refractivity contribution >= 4 is 27.5 Å². The lowest BCUT2D eigenvalue weighted by molar-refractivity contribution is 0.0920. The van der Waals surface area contributed by atoms with Crippen molar-refractivity contribution in [1.29, 1.82) is 0 Å². The molecule has 2 rings (SSSR count). The molecule has 0 radical (unpaired) electrons. The second kappa shape index (κ2) is 6.42. The van der Waals surface area contributed by atoms with Gasteiger partial charge in [-0.25, -0.2) is 0 Å². The third-order valence-corrected chi connectivity index (χ3v) is 4.47.